The summed E-state index contributed by atoms with van der Waals surface area (Å²) in [5.41, 5.74) is 7.58. The van der Waals surface area contributed by atoms with Crippen molar-refractivity contribution in [3.05, 3.63) is 87.3 Å². The molecule has 9 heteroatoms. The van der Waals surface area contributed by atoms with Gasteiger partial charge in [-0.2, -0.15) is 5.26 Å². The molecule has 4 aromatic rings. The summed E-state index contributed by atoms with van der Waals surface area (Å²) in [6.07, 6.45) is 2.74. The van der Waals surface area contributed by atoms with Gasteiger partial charge in [0, 0.05) is 12.7 Å². The molecule has 31 heavy (non-hydrogen) atoms. The number of hydrogen-bond donors (Lipinski definition) is 2. The normalized spacial score (nSPS) is 10.7. The number of nitrogens with one attached hydrogen (secondary N) is 1. The number of benzene rings is 1. The fourth-order valence-electron chi connectivity index (χ4n) is 3.42. The molecule has 0 aliphatic carbocycles. The van der Waals surface area contributed by atoms with Crippen LogP contribution >= 0.6 is 11.6 Å². The lowest BCUT2D eigenvalue weighted by atomic mass is 9.98. The van der Waals surface area contributed by atoms with E-state index in [9.17, 15) is 14.4 Å². The standard InChI is InChI=1S/C22H16ClFN6O/c23-19-15(8-9-27-21-16(10-25)20(26)28-12-29-21)18(13-4-2-1-3-5-13)22(31)30-11-14(24)6-7-17(19)30/h1-7,11-12H,8-9H2,(H3,26,27,28,29). The van der Waals surface area contributed by atoms with Gasteiger partial charge in [-0.25, -0.2) is 14.4 Å². The summed E-state index contributed by atoms with van der Waals surface area (Å²) in [6.45, 7) is 0.321. The molecule has 0 saturated heterocycles. The van der Waals surface area contributed by atoms with Crippen molar-refractivity contribution in [2.75, 3.05) is 17.6 Å². The third-order valence-electron chi connectivity index (χ3n) is 4.85. The molecule has 154 valence electrons. The van der Waals surface area contributed by atoms with Gasteiger partial charge < -0.3 is 11.1 Å². The number of anilines is 2. The Kier molecular flexibility index (Phi) is 5.52. The molecular formula is C22H16ClFN6O. The van der Waals surface area contributed by atoms with E-state index in [4.69, 9.17) is 17.3 Å². The molecule has 0 aliphatic heterocycles. The fraction of sp³-hybridized carbons (Fsp3) is 0.0909. The van der Waals surface area contributed by atoms with Gasteiger partial charge in [-0.1, -0.05) is 41.9 Å². The molecule has 0 unspecified atom stereocenters. The van der Waals surface area contributed by atoms with Gasteiger partial charge in [-0.3, -0.25) is 9.20 Å². The van der Waals surface area contributed by atoms with Gasteiger partial charge in [-0.05, 0) is 29.7 Å². The number of nitriles is 1. The first-order valence-electron chi connectivity index (χ1n) is 9.33. The van der Waals surface area contributed by atoms with E-state index in [0.29, 0.717) is 46.0 Å². The lowest BCUT2D eigenvalue weighted by Gasteiger charge is -2.16. The molecule has 0 atom stereocenters. The molecule has 7 nitrogen and oxygen atoms in total. The van der Waals surface area contributed by atoms with Gasteiger partial charge in [0.25, 0.3) is 5.56 Å². The van der Waals surface area contributed by atoms with Crippen LogP contribution in [0.15, 0.2) is 59.8 Å². The van der Waals surface area contributed by atoms with Gasteiger partial charge in [0.1, 0.15) is 35.4 Å². The molecule has 3 N–H and O–H groups in total. The summed E-state index contributed by atoms with van der Waals surface area (Å²) in [5.74, 6) is -0.162. The molecule has 0 spiro atoms. The number of aromatic nitrogens is 3. The van der Waals surface area contributed by atoms with Gasteiger partial charge in [0.15, 0.2) is 0 Å². The number of halogens is 2. The van der Waals surface area contributed by atoms with Crippen LogP contribution in [0.1, 0.15) is 11.1 Å². The van der Waals surface area contributed by atoms with E-state index in [2.05, 4.69) is 15.3 Å². The SMILES string of the molecule is N#Cc1c(N)ncnc1NCCc1c(-c2ccccc2)c(=O)n2cc(F)ccc2c1Cl. The highest BCUT2D eigenvalue weighted by Crippen LogP contribution is 2.30. The van der Waals surface area contributed by atoms with Crippen LogP contribution in [0.25, 0.3) is 16.6 Å². The molecule has 4 rings (SSSR count). The van der Waals surface area contributed by atoms with E-state index in [0.717, 1.165) is 6.20 Å². The van der Waals surface area contributed by atoms with Gasteiger partial charge in [0.05, 0.1) is 16.1 Å². The molecule has 0 saturated carbocycles. The summed E-state index contributed by atoms with van der Waals surface area (Å²) >= 11 is 6.68. The summed E-state index contributed by atoms with van der Waals surface area (Å²) < 4.78 is 15.0. The van der Waals surface area contributed by atoms with Crippen LogP contribution in [-0.4, -0.2) is 20.9 Å². The monoisotopic (exact) mass is 434 g/mol. The van der Waals surface area contributed by atoms with Crippen molar-refractivity contribution < 1.29 is 4.39 Å². The van der Waals surface area contributed by atoms with Crippen LogP contribution in [0, 0.1) is 17.1 Å². The van der Waals surface area contributed by atoms with Gasteiger partial charge in [-0.15, -0.1) is 0 Å². The van der Waals surface area contributed by atoms with Crippen molar-refractivity contribution in [2.45, 2.75) is 6.42 Å². The predicted molar refractivity (Wildman–Crippen MR) is 117 cm³/mol. The molecule has 3 aromatic heterocycles. The van der Waals surface area contributed by atoms with E-state index in [1.807, 2.05) is 24.3 Å². The van der Waals surface area contributed by atoms with Crippen LogP contribution in [0.2, 0.25) is 5.02 Å². The third-order valence-corrected chi connectivity index (χ3v) is 5.28. The number of nitrogens with two attached hydrogens (primary N) is 1. The zero-order valence-electron chi connectivity index (χ0n) is 16.1. The molecule has 1 aromatic carbocycles. The van der Waals surface area contributed by atoms with Crippen LogP contribution in [0.3, 0.4) is 0 Å². The number of rotatable bonds is 5. The number of fused-ring (bicyclic) bond motifs is 1. The quantitative estimate of drug-likeness (QED) is 0.496. The van der Waals surface area contributed by atoms with Crippen molar-refractivity contribution >= 4 is 28.8 Å². The zero-order chi connectivity index (χ0) is 22.0. The minimum absolute atomic E-state index is 0.0778. The lowest BCUT2D eigenvalue weighted by molar-refractivity contribution is 0.618. The first kappa shape index (κ1) is 20.3. The van der Waals surface area contributed by atoms with Crippen molar-refractivity contribution in [3.63, 3.8) is 0 Å². The van der Waals surface area contributed by atoms with Crippen LogP contribution in [0.5, 0.6) is 0 Å². The fourth-order valence-corrected chi connectivity index (χ4v) is 3.77. The maximum absolute atomic E-state index is 13.8. The number of nitrogen functional groups attached to an aromatic ring is 1. The van der Waals surface area contributed by atoms with E-state index < -0.39 is 5.82 Å². The maximum Gasteiger partial charge on any atom is 0.263 e. The Morgan fingerprint density at radius 1 is 1.19 bits per heavy atom. The Bertz CT molecular complexity index is 1380. The third kappa shape index (κ3) is 3.79. The Balaban J connectivity index is 1.79. The maximum atomic E-state index is 13.8. The largest absolute Gasteiger partial charge is 0.382 e. The minimum atomic E-state index is -0.538. The van der Waals surface area contributed by atoms with E-state index in [-0.39, 0.29) is 16.9 Å². The van der Waals surface area contributed by atoms with Crippen LogP contribution in [-0.2, 0) is 6.42 Å². The first-order valence-corrected chi connectivity index (χ1v) is 9.71. The number of pyridine rings is 2. The lowest BCUT2D eigenvalue weighted by Crippen LogP contribution is -2.20. The molecule has 0 aliphatic rings. The van der Waals surface area contributed by atoms with E-state index in [1.54, 1.807) is 12.1 Å². The van der Waals surface area contributed by atoms with Crippen molar-refractivity contribution in [3.8, 4) is 17.2 Å². The average molecular weight is 435 g/mol. The number of nitrogens with zero attached hydrogens (tertiary/aromatic N) is 4. The Labute approximate surface area is 181 Å². The highest BCUT2D eigenvalue weighted by molar-refractivity contribution is 6.35. The molecule has 0 fully saturated rings. The van der Waals surface area contributed by atoms with Crippen LogP contribution in [0.4, 0.5) is 16.0 Å². The molecule has 0 bridgehead atoms. The first-order chi connectivity index (χ1) is 15.0. The van der Waals surface area contributed by atoms with E-state index >= 15 is 0 Å². The van der Waals surface area contributed by atoms with Crippen molar-refractivity contribution in [1.82, 2.24) is 14.4 Å². The average Bonchev–Trinajstić information content (AvgIpc) is 2.78. The second-order valence-corrected chi connectivity index (χ2v) is 7.09. The molecular weight excluding hydrogens is 419 g/mol. The Morgan fingerprint density at radius 3 is 2.71 bits per heavy atom. The molecule has 3 heterocycles. The Morgan fingerprint density at radius 2 is 1.97 bits per heavy atom. The van der Waals surface area contributed by atoms with Gasteiger partial charge >= 0.3 is 0 Å². The van der Waals surface area contributed by atoms with Crippen molar-refractivity contribution in [1.29, 1.82) is 5.26 Å². The summed E-state index contributed by atoms with van der Waals surface area (Å²) in [4.78, 5) is 21.1. The topological polar surface area (TPSA) is 109 Å². The van der Waals surface area contributed by atoms with Crippen molar-refractivity contribution in [2.24, 2.45) is 0 Å². The van der Waals surface area contributed by atoms with E-state index in [1.165, 1.54) is 22.9 Å². The summed E-state index contributed by atoms with van der Waals surface area (Å²) in [7, 11) is 0. The molecule has 0 radical (unpaired) electrons. The van der Waals surface area contributed by atoms with Crippen LogP contribution < -0.4 is 16.6 Å². The summed E-state index contributed by atoms with van der Waals surface area (Å²) in [6, 6.07) is 13.8. The summed E-state index contributed by atoms with van der Waals surface area (Å²) in [5, 5.41) is 12.7. The predicted octanol–water partition coefficient (Wildman–Crippen LogP) is 3.66. The smallest absolute Gasteiger partial charge is 0.263 e. The van der Waals surface area contributed by atoms with Gasteiger partial charge in [0.2, 0.25) is 0 Å². The Hall–Kier alpha value is -3.96. The highest BCUT2D eigenvalue weighted by Gasteiger charge is 2.19. The zero-order valence-corrected chi connectivity index (χ0v) is 16.9. The second-order valence-electron chi connectivity index (χ2n) is 6.71. The molecule has 0 amide bonds. The number of hydrogen-bond acceptors (Lipinski definition) is 6. The highest BCUT2D eigenvalue weighted by atomic mass is 35.5. The minimum Gasteiger partial charge on any atom is -0.382 e. The second kappa shape index (κ2) is 8.42.